The Labute approximate surface area is 69.8 Å². The van der Waals surface area contributed by atoms with Crippen LogP contribution in [0.3, 0.4) is 0 Å². The van der Waals surface area contributed by atoms with Gasteiger partial charge in [-0.15, -0.1) is 0 Å². The zero-order valence-corrected chi connectivity index (χ0v) is 6.96. The summed E-state index contributed by atoms with van der Waals surface area (Å²) in [6, 6.07) is 0. The fourth-order valence-electron chi connectivity index (χ4n) is 0.608. The second kappa shape index (κ2) is 9.44. The van der Waals surface area contributed by atoms with Gasteiger partial charge in [0.1, 0.15) is 0 Å². The Morgan fingerprint density at radius 1 is 1.00 bits per heavy atom. The second-order valence-electron chi connectivity index (χ2n) is 2.04. The van der Waals surface area contributed by atoms with Crippen molar-refractivity contribution in [2.24, 2.45) is 0 Å². The maximum atomic E-state index is 5.01. The van der Waals surface area contributed by atoms with Gasteiger partial charge < -0.3 is 4.74 Å². The van der Waals surface area contributed by atoms with Crippen molar-refractivity contribution in [1.82, 2.24) is 0 Å². The Hall–Kier alpha value is -0.560. The average molecular weight is 152 g/mol. The fourth-order valence-corrected chi connectivity index (χ4v) is 0.608. The monoisotopic (exact) mass is 152 g/mol. The van der Waals surface area contributed by atoms with Gasteiger partial charge in [0.05, 0.1) is 6.61 Å². The van der Waals surface area contributed by atoms with E-state index in [0.717, 1.165) is 12.8 Å². The third-order valence-corrected chi connectivity index (χ3v) is 1.13. The molecule has 2 radical (unpaired) electrons. The smallest absolute Gasteiger partial charge is 0.0647 e. The van der Waals surface area contributed by atoms with Crippen LogP contribution in [0.2, 0.25) is 0 Å². The summed E-state index contributed by atoms with van der Waals surface area (Å²) in [6.07, 6.45) is 10.0. The van der Waals surface area contributed by atoms with E-state index in [2.05, 4.69) is 26.0 Å². The summed E-state index contributed by atoms with van der Waals surface area (Å²) in [4.78, 5) is 0. The van der Waals surface area contributed by atoms with Crippen molar-refractivity contribution >= 4 is 0 Å². The molecule has 0 bridgehead atoms. The third-order valence-electron chi connectivity index (χ3n) is 1.13. The number of hydrogen-bond donors (Lipinski definition) is 0. The van der Waals surface area contributed by atoms with E-state index in [1.165, 1.54) is 0 Å². The van der Waals surface area contributed by atoms with Gasteiger partial charge in [-0.2, -0.15) is 0 Å². The molecule has 0 amide bonds. The molecule has 0 saturated carbocycles. The summed E-state index contributed by atoms with van der Waals surface area (Å²) in [7, 11) is 0. The van der Waals surface area contributed by atoms with Gasteiger partial charge >= 0.3 is 0 Å². The number of rotatable bonds is 6. The number of ether oxygens (including phenoxy) is 1. The predicted octanol–water partition coefficient (Wildman–Crippen LogP) is 2.56. The molecule has 0 spiro atoms. The fraction of sp³-hybridized carbons (Fsp3) is 0.400. The van der Waals surface area contributed by atoms with Crippen molar-refractivity contribution in [3.8, 4) is 0 Å². The lowest BCUT2D eigenvalue weighted by atomic mass is 10.3. The molecule has 0 unspecified atom stereocenters. The molecule has 62 valence electrons. The van der Waals surface area contributed by atoms with Crippen LogP contribution in [0.15, 0.2) is 24.3 Å². The van der Waals surface area contributed by atoms with E-state index in [0.29, 0.717) is 13.2 Å². The number of hydrogen-bond acceptors (Lipinski definition) is 1. The van der Waals surface area contributed by atoms with E-state index >= 15 is 0 Å². The average Bonchev–Trinajstić information content (AvgIpc) is 2.03. The first kappa shape index (κ1) is 10.4. The molecule has 0 fully saturated rings. The Morgan fingerprint density at radius 3 is 2.36 bits per heavy atom. The summed E-state index contributed by atoms with van der Waals surface area (Å²) >= 11 is 0. The zero-order chi connectivity index (χ0) is 8.36. The van der Waals surface area contributed by atoms with Gasteiger partial charge in [-0.3, -0.25) is 0 Å². The van der Waals surface area contributed by atoms with E-state index in [-0.39, 0.29) is 0 Å². The van der Waals surface area contributed by atoms with Crippen molar-refractivity contribution in [2.45, 2.75) is 12.8 Å². The van der Waals surface area contributed by atoms with Crippen molar-refractivity contribution in [1.29, 1.82) is 0 Å². The third kappa shape index (κ3) is 9.44. The van der Waals surface area contributed by atoms with Crippen LogP contribution < -0.4 is 0 Å². The molecule has 1 heteroatoms. The molecule has 0 aromatic carbocycles. The Morgan fingerprint density at radius 2 is 1.73 bits per heavy atom. The molecule has 11 heavy (non-hydrogen) atoms. The van der Waals surface area contributed by atoms with Crippen molar-refractivity contribution < 1.29 is 4.74 Å². The minimum absolute atomic E-state index is 0.541. The summed E-state index contributed by atoms with van der Waals surface area (Å²) in [5.74, 6) is 0. The molecule has 0 aliphatic heterocycles. The maximum absolute atomic E-state index is 5.01. The van der Waals surface area contributed by atoms with Gasteiger partial charge in [0.15, 0.2) is 0 Å². The largest absolute Gasteiger partial charge is 0.377 e. The first-order chi connectivity index (χ1) is 5.41. The molecular weight excluding hydrogens is 136 g/mol. The van der Waals surface area contributed by atoms with E-state index < -0.39 is 0 Å². The van der Waals surface area contributed by atoms with Crippen LogP contribution in [-0.2, 0) is 4.74 Å². The quantitative estimate of drug-likeness (QED) is 0.420. The zero-order valence-electron chi connectivity index (χ0n) is 6.96. The van der Waals surface area contributed by atoms with Crippen LogP contribution in [-0.4, -0.2) is 13.2 Å². The molecule has 0 heterocycles. The number of allylic oxidation sites excluding steroid dienone is 3. The molecule has 0 rings (SSSR count). The molecule has 1 nitrogen and oxygen atoms in total. The van der Waals surface area contributed by atoms with Crippen LogP contribution in [0.5, 0.6) is 0 Å². The molecule has 0 aliphatic rings. The lowest BCUT2D eigenvalue weighted by Crippen LogP contribution is -1.87. The van der Waals surface area contributed by atoms with Crippen LogP contribution in [0, 0.1) is 13.8 Å². The van der Waals surface area contributed by atoms with Gasteiger partial charge in [-0.05, 0) is 26.7 Å². The van der Waals surface area contributed by atoms with Gasteiger partial charge in [0.2, 0.25) is 0 Å². The lowest BCUT2D eigenvalue weighted by Gasteiger charge is -1.91. The standard InChI is InChI=1S/C10H16O/c1-3-5-6-7-8-9-10-11-4-2/h5-6,8-9H,1-4,7,10H2. The van der Waals surface area contributed by atoms with Crippen LogP contribution >= 0.6 is 0 Å². The van der Waals surface area contributed by atoms with E-state index in [1.54, 1.807) is 0 Å². The molecular formula is C10H16O. The molecule has 0 N–H and O–H groups in total. The molecule has 0 aliphatic carbocycles. The second-order valence-corrected chi connectivity index (χ2v) is 2.04. The summed E-state index contributed by atoms with van der Waals surface area (Å²) in [5.41, 5.74) is 0. The highest BCUT2D eigenvalue weighted by Gasteiger charge is 1.74. The van der Waals surface area contributed by atoms with Gasteiger partial charge in [-0.25, -0.2) is 0 Å². The molecule has 0 aromatic heterocycles. The highest BCUT2D eigenvalue weighted by Crippen LogP contribution is 1.88. The Balaban J connectivity index is 3.09. The van der Waals surface area contributed by atoms with Crippen LogP contribution in [0.1, 0.15) is 12.8 Å². The van der Waals surface area contributed by atoms with Crippen molar-refractivity contribution in [3.05, 3.63) is 38.2 Å². The van der Waals surface area contributed by atoms with Crippen molar-refractivity contribution in [3.63, 3.8) is 0 Å². The first-order valence-corrected chi connectivity index (χ1v) is 3.88. The van der Waals surface area contributed by atoms with Gasteiger partial charge in [0, 0.05) is 6.61 Å². The Bertz CT molecular complexity index is 114. The minimum Gasteiger partial charge on any atom is -0.377 e. The van der Waals surface area contributed by atoms with E-state index in [4.69, 9.17) is 4.74 Å². The molecule has 0 saturated heterocycles. The highest BCUT2D eigenvalue weighted by molar-refractivity contribution is 4.92. The minimum atomic E-state index is 0.541. The van der Waals surface area contributed by atoms with E-state index in [9.17, 15) is 0 Å². The van der Waals surface area contributed by atoms with Crippen LogP contribution in [0.25, 0.3) is 0 Å². The van der Waals surface area contributed by atoms with E-state index in [1.807, 2.05) is 12.2 Å². The summed E-state index contributed by atoms with van der Waals surface area (Å²) in [6.45, 7) is 8.45. The van der Waals surface area contributed by atoms with Crippen LogP contribution in [0.4, 0.5) is 0 Å². The normalized spacial score (nSPS) is 11.8. The van der Waals surface area contributed by atoms with Crippen molar-refractivity contribution in [2.75, 3.05) is 13.2 Å². The lowest BCUT2D eigenvalue weighted by molar-refractivity contribution is 0.192. The maximum Gasteiger partial charge on any atom is 0.0647 e. The first-order valence-electron chi connectivity index (χ1n) is 3.88. The summed E-state index contributed by atoms with van der Waals surface area (Å²) < 4.78 is 5.01. The molecule has 0 atom stereocenters. The Kier molecular flexibility index (Phi) is 8.96. The van der Waals surface area contributed by atoms with Gasteiger partial charge in [-0.1, -0.05) is 24.3 Å². The summed E-state index contributed by atoms with van der Waals surface area (Å²) in [5, 5.41) is 0. The highest BCUT2D eigenvalue weighted by atomic mass is 16.5. The molecule has 0 aromatic rings. The topological polar surface area (TPSA) is 9.23 Å². The predicted molar refractivity (Wildman–Crippen MR) is 49.0 cm³/mol. The SMILES string of the molecule is [CH2]CC=CCC=CCOC[CH2]. The van der Waals surface area contributed by atoms with Gasteiger partial charge in [0.25, 0.3) is 0 Å².